The summed E-state index contributed by atoms with van der Waals surface area (Å²) in [6, 6.07) is 13.3. The quantitative estimate of drug-likeness (QED) is 0.555. The number of benzene rings is 2. The van der Waals surface area contributed by atoms with Gasteiger partial charge >= 0.3 is 0 Å². The number of ether oxygens (including phenoxy) is 1. The van der Waals surface area contributed by atoms with Gasteiger partial charge in [-0.2, -0.15) is 0 Å². The Morgan fingerprint density at radius 3 is 2.52 bits per heavy atom. The Kier molecular flexibility index (Phi) is 5.38. The molecule has 0 unspecified atom stereocenters. The molecule has 1 heteroatoms. The molecule has 2 aromatic carbocycles. The van der Waals surface area contributed by atoms with Crippen LogP contribution in [0.3, 0.4) is 0 Å². The van der Waals surface area contributed by atoms with Gasteiger partial charge < -0.3 is 4.74 Å². The summed E-state index contributed by atoms with van der Waals surface area (Å²) in [5.74, 6) is 2.65. The Bertz CT molecular complexity index is 650. The first-order valence-corrected chi connectivity index (χ1v) is 9.07. The third-order valence-corrected chi connectivity index (χ3v) is 5.22. The molecule has 0 aromatic heterocycles. The predicted molar refractivity (Wildman–Crippen MR) is 99.2 cm³/mol. The summed E-state index contributed by atoms with van der Waals surface area (Å²) in [6.45, 7) is 6.56. The number of hydrogen-bond acceptors (Lipinski definition) is 1. The topological polar surface area (TPSA) is 9.23 Å². The van der Waals surface area contributed by atoms with Crippen LogP contribution in [-0.2, 0) is 0 Å². The van der Waals surface area contributed by atoms with Crippen LogP contribution >= 0.6 is 0 Å². The minimum absolute atomic E-state index is 0.560. The van der Waals surface area contributed by atoms with Crippen LogP contribution in [0.5, 0.6) is 5.75 Å². The molecule has 0 N–H and O–H groups in total. The van der Waals surface area contributed by atoms with E-state index < -0.39 is 0 Å². The van der Waals surface area contributed by atoms with E-state index in [0.717, 1.165) is 17.6 Å². The summed E-state index contributed by atoms with van der Waals surface area (Å²) < 4.78 is 5.63. The summed E-state index contributed by atoms with van der Waals surface area (Å²) in [5.41, 5.74) is 1.52. The fourth-order valence-corrected chi connectivity index (χ4v) is 3.93. The maximum atomic E-state index is 5.63. The fourth-order valence-electron chi connectivity index (χ4n) is 3.93. The molecule has 1 aliphatic carbocycles. The molecular weight excluding hydrogens is 280 g/mol. The van der Waals surface area contributed by atoms with Gasteiger partial charge in [-0.3, -0.25) is 0 Å². The maximum absolute atomic E-state index is 5.63. The second-order valence-corrected chi connectivity index (χ2v) is 6.87. The van der Waals surface area contributed by atoms with Gasteiger partial charge in [0.1, 0.15) is 12.4 Å². The third-order valence-electron chi connectivity index (χ3n) is 5.22. The maximum Gasteiger partial charge on any atom is 0.120 e. The average Bonchev–Trinajstić information content (AvgIpc) is 2.60. The van der Waals surface area contributed by atoms with Gasteiger partial charge in [0.2, 0.25) is 0 Å². The highest BCUT2D eigenvalue weighted by atomic mass is 16.5. The lowest BCUT2D eigenvalue weighted by molar-refractivity contribution is 0.308. The van der Waals surface area contributed by atoms with Crippen molar-refractivity contribution in [2.24, 2.45) is 5.92 Å². The van der Waals surface area contributed by atoms with E-state index in [1.165, 1.54) is 54.9 Å². The highest BCUT2D eigenvalue weighted by Gasteiger charge is 2.21. The number of rotatable bonds is 6. The van der Waals surface area contributed by atoms with E-state index in [0.29, 0.717) is 6.61 Å². The monoisotopic (exact) mass is 308 g/mol. The highest BCUT2D eigenvalue weighted by molar-refractivity contribution is 5.84. The molecular formula is C22H28O. The summed E-state index contributed by atoms with van der Waals surface area (Å²) in [4.78, 5) is 0. The normalized spacial score (nSPS) is 21.3. The van der Waals surface area contributed by atoms with E-state index in [2.05, 4.69) is 49.9 Å². The van der Waals surface area contributed by atoms with Crippen molar-refractivity contribution >= 4 is 10.8 Å². The van der Waals surface area contributed by atoms with Crippen molar-refractivity contribution < 1.29 is 4.74 Å². The molecule has 23 heavy (non-hydrogen) atoms. The van der Waals surface area contributed by atoms with Gasteiger partial charge in [-0.05, 0) is 66.0 Å². The summed E-state index contributed by atoms with van der Waals surface area (Å²) >= 11 is 0. The van der Waals surface area contributed by atoms with Gasteiger partial charge in [-0.25, -0.2) is 0 Å². The van der Waals surface area contributed by atoms with Crippen LogP contribution in [0.1, 0.15) is 56.9 Å². The third kappa shape index (κ3) is 3.96. The van der Waals surface area contributed by atoms with Gasteiger partial charge in [0.05, 0.1) is 0 Å². The van der Waals surface area contributed by atoms with Crippen molar-refractivity contribution in [2.75, 3.05) is 6.61 Å². The molecule has 0 saturated heterocycles. The first-order valence-electron chi connectivity index (χ1n) is 9.07. The molecule has 122 valence electrons. The molecule has 1 saturated carbocycles. The van der Waals surface area contributed by atoms with E-state index in [1.807, 2.05) is 0 Å². The van der Waals surface area contributed by atoms with Gasteiger partial charge in [0.25, 0.3) is 0 Å². The molecule has 0 bridgehead atoms. The second kappa shape index (κ2) is 7.68. The Morgan fingerprint density at radius 2 is 1.78 bits per heavy atom. The van der Waals surface area contributed by atoms with Crippen molar-refractivity contribution in [2.45, 2.75) is 51.4 Å². The van der Waals surface area contributed by atoms with Crippen LogP contribution in [0.25, 0.3) is 10.8 Å². The number of fused-ring (bicyclic) bond motifs is 1. The van der Waals surface area contributed by atoms with Gasteiger partial charge in [-0.1, -0.05) is 56.7 Å². The average molecular weight is 308 g/mol. The SMILES string of the molecule is C=CCOc1ccc2cc(C3CCC(CCC)CC3)ccc2c1. The second-order valence-electron chi connectivity index (χ2n) is 6.87. The Balaban J connectivity index is 1.72. The molecule has 3 rings (SSSR count). The molecule has 0 amide bonds. The zero-order valence-corrected chi connectivity index (χ0v) is 14.3. The van der Waals surface area contributed by atoms with E-state index in [-0.39, 0.29) is 0 Å². The van der Waals surface area contributed by atoms with Crippen LogP contribution in [0.15, 0.2) is 49.1 Å². The zero-order chi connectivity index (χ0) is 16.1. The fraction of sp³-hybridized carbons (Fsp3) is 0.455. The smallest absolute Gasteiger partial charge is 0.120 e. The molecule has 0 aliphatic heterocycles. The molecule has 0 heterocycles. The van der Waals surface area contributed by atoms with Crippen LogP contribution in [0.4, 0.5) is 0 Å². The summed E-state index contributed by atoms with van der Waals surface area (Å²) in [6.07, 6.45) is 10.1. The molecule has 1 fully saturated rings. The molecule has 1 nitrogen and oxygen atoms in total. The largest absolute Gasteiger partial charge is 0.490 e. The van der Waals surface area contributed by atoms with Gasteiger partial charge in [-0.15, -0.1) is 0 Å². The molecule has 0 radical (unpaired) electrons. The minimum Gasteiger partial charge on any atom is -0.490 e. The predicted octanol–water partition coefficient (Wildman–Crippen LogP) is 6.48. The first kappa shape index (κ1) is 16.1. The Morgan fingerprint density at radius 1 is 1.04 bits per heavy atom. The van der Waals surface area contributed by atoms with Gasteiger partial charge in [0.15, 0.2) is 0 Å². The summed E-state index contributed by atoms with van der Waals surface area (Å²) in [7, 11) is 0. The Labute approximate surface area is 140 Å². The Hall–Kier alpha value is -1.76. The minimum atomic E-state index is 0.560. The van der Waals surface area contributed by atoms with Crippen LogP contribution in [0, 0.1) is 5.92 Å². The van der Waals surface area contributed by atoms with E-state index in [1.54, 1.807) is 6.08 Å². The van der Waals surface area contributed by atoms with E-state index in [4.69, 9.17) is 4.74 Å². The van der Waals surface area contributed by atoms with E-state index in [9.17, 15) is 0 Å². The lowest BCUT2D eigenvalue weighted by atomic mass is 9.77. The van der Waals surface area contributed by atoms with Crippen molar-refractivity contribution in [3.63, 3.8) is 0 Å². The lowest BCUT2D eigenvalue weighted by Crippen LogP contribution is -2.13. The van der Waals surface area contributed by atoms with Crippen LogP contribution < -0.4 is 4.74 Å². The molecule has 1 aliphatic rings. The van der Waals surface area contributed by atoms with Crippen molar-refractivity contribution in [3.8, 4) is 5.75 Å². The molecule has 0 spiro atoms. The lowest BCUT2D eigenvalue weighted by Gasteiger charge is -2.28. The molecule has 2 aromatic rings. The zero-order valence-electron chi connectivity index (χ0n) is 14.3. The standard InChI is InChI=1S/C22H28O/c1-3-5-17-6-8-18(9-7-17)19-10-11-21-16-22(23-14-4-2)13-12-20(21)15-19/h4,10-13,15-18H,2-3,5-9,14H2,1H3. The summed E-state index contributed by atoms with van der Waals surface area (Å²) in [5, 5.41) is 2.58. The molecule has 0 atom stereocenters. The van der Waals surface area contributed by atoms with Gasteiger partial charge in [0, 0.05) is 0 Å². The van der Waals surface area contributed by atoms with Crippen LogP contribution in [-0.4, -0.2) is 6.61 Å². The van der Waals surface area contributed by atoms with E-state index >= 15 is 0 Å². The van der Waals surface area contributed by atoms with Crippen LogP contribution in [0.2, 0.25) is 0 Å². The highest BCUT2D eigenvalue weighted by Crippen LogP contribution is 2.38. The first-order chi connectivity index (χ1) is 11.3. The number of hydrogen-bond donors (Lipinski definition) is 0. The van der Waals surface area contributed by atoms with Crippen molar-refractivity contribution in [1.82, 2.24) is 0 Å². The van der Waals surface area contributed by atoms with Crippen molar-refractivity contribution in [3.05, 3.63) is 54.6 Å². The van der Waals surface area contributed by atoms with Crippen molar-refractivity contribution in [1.29, 1.82) is 0 Å².